The van der Waals surface area contributed by atoms with E-state index in [-0.39, 0.29) is 5.91 Å². The molecule has 0 aliphatic carbocycles. The summed E-state index contributed by atoms with van der Waals surface area (Å²) < 4.78 is 0. The van der Waals surface area contributed by atoms with Gasteiger partial charge >= 0.3 is 6.03 Å². The van der Waals surface area contributed by atoms with E-state index in [0.717, 1.165) is 21.9 Å². The maximum atomic E-state index is 12.3. The molecule has 6 nitrogen and oxygen atoms in total. The number of hydrogen-bond acceptors (Lipinski definition) is 4. The maximum absolute atomic E-state index is 12.3. The largest absolute Gasteiger partial charge is 0.346 e. The molecule has 2 aromatic rings. The highest BCUT2D eigenvalue weighted by Gasteiger charge is 2.46. The van der Waals surface area contributed by atoms with Crippen LogP contribution >= 0.6 is 0 Å². The van der Waals surface area contributed by atoms with E-state index in [9.17, 15) is 9.59 Å². The van der Waals surface area contributed by atoms with Gasteiger partial charge in [-0.1, -0.05) is 37.3 Å². The Hall–Kier alpha value is -3.15. The van der Waals surface area contributed by atoms with Crippen molar-refractivity contribution in [3.8, 4) is 0 Å². The molecular weight excluding hydrogens is 328 g/mol. The summed E-state index contributed by atoms with van der Waals surface area (Å²) in [5.41, 5.74) is 2.05. The molecule has 0 spiro atoms. The van der Waals surface area contributed by atoms with Crippen LogP contribution in [0.4, 0.5) is 16.2 Å². The van der Waals surface area contributed by atoms with Crippen molar-refractivity contribution in [2.75, 3.05) is 11.9 Å². The summed E-state index contributed by atoms with van der Waals surface area (Å²) in [6.07, 6.45) is 2.04. The Bertz CT molecular complexity index is 833. The van der Waals surface area contributed by atoms with Crippen molar-refractivity contribution < 1.29 is 9.59 Å². The number of benzene rings is 2. The zero-order valence-corrected chi connectivity index (χ0v) is 15.1. The van der Waals surface area contributed by atoms with Gasteiger partial charge in [0.05, 0.1) is 6.21 Å². The van der Waals surface area contributed by atoms with Crippen molar-refractivity contribution in [2.45, 2.75) is 25.8 Å². The summed E-state index contributed by atoms with van der Waals surface area (Å²) >= 11 is 0. The van der Waals surface area contributed by atoms with E-state index in [1.165, 1.54) is 6.21 Å². The highest BCUT2D eigenvalue weighted by Crippen LogP contribution is 2.23. The summed E-state index contributed by atoms with van der Waals surface area (Å²) in [5.74, 6) is -0.332. The number of para-hydroxylation sites is 1. The number of hydrazone groups is 1. The number of imide groups is 1. The lowest BCUT2D eigenvalue weighted by atomic mass is 10.00. The fourth-order valence-electron chi connectivity index (χ4n) is 2.72. The molecule has 1 saturated heterocycles. The van der Waals surface area contributed by atoms with E-state index in [2.05, 4.69) is 15.3 Å². The molecule has 6 heteroatoms. The second kappa shape index (κ2) is 7.00. The molecule has 1 fully saturated rings. The molecule has 134 valence electrons. The maximum Gasteiger partial charge on any atom is 0.346 e. The number of nitrogens with one attached hydrogen (secondary N) is 1. The fraction of sp³-hybridized carbons (Fsp3) is 0.250. The molecule has 1 aliphatic rings. The van der Waals surface area contributed by atoms with Crippen LogP contribution in [0, 0.1) is 0 Å². The lowest BCUT2D eigenvalue weighted by Gasteiger charge is -2.19. The first-order valence-electron chi connectivity index (χ1n) is 8.54. The summed E-state index contributed by atoms with van der Waals surface area (Å²) in [4.78, 5) is 26.3. The van der Waals surface area contributed by atoms with E-state index >= 15 is 0 Å². The molecular formula is C20H22N4O2. The third-order valence-electron chi connectivity index (χ3n) is 4.69. The van der Waals surface area contributed by atoms with Crippen molar-refractivity contribution in [2.24, 2.45) is 5.10 Å². The number of amides is 3. The number of carbonyl (C=O) groups excluding carboxylic acids is 2. The first-order chi connectivity index (χ1) is 12.4. The molecule has 2 aromatic carbocycles. The second-order valence-corrected chi connectivity index (χ2v) is 6.46. The van der Waals surface area contributed by atoms with Crippen molar-refractivity contribution in [3.63, 3.8) is 0 Å². The van der Waals surface area contributed by atoms with Gasteiger partial charge in [0, 0.05) is 18.4 Å². The third kappa shape index (κ3) is 3.31. The molecule has 0 radical (unpaired) electrons. The van der Waals surface area contributed by atoms with Crippen LogP contribution in [0.25, 0.3) is 0 Å². The summed E-state index contributed by atoms with van der Waals surface area (Å²) in [7, 11) is 2.00. The molecule has 0 bridgehead atoms. The minimum absolute atomic E-state index is 0.332. The van der Waals surface area contributed by atoms with Crippen molar-refractivity contribution in [3.05, 3.63) is 60.2 Å². The Labute approximate surface area is 153 Å². The van der Waals surface area contributed by atoms with Crippen LogP contribution in [0.2, 0.25) is 0 Å². The predicted octanol–water partition coefficient (Wildman–Crippen LogP) is 3.51. The molecule has 0 unspecified atom stereocenters. The second-order valence-electron chi connectivity index (χ2n) is 6.46. The van der Waals surface area contributed by atoms with Crippen LogP contribution in [-0.2, 0) is 4.79 Å². The average molecular weight is 350 g/mol. The normalized spacial score (nSPS) is 19.9. The first-order valence-corrected chi connectivity index (χ1v) is 8.54. The molecule has 1 atom stereocenters. The van der Waals surface area contributed by atoms with Crippen LogP contribution in [0.15, 0.2) is 59.7 Å². The van der Waals surface area contributed by atoms with Crippen molar-refractivity contribution in [1.82, 2.24) is 10.3 Å². The Morgan fingerprint density at radius 3 is 2.27 bits per heavy atom. The number of anilines is 2. The van der Waals surface area contributed by atoms with Gasteiger partial charge in [-0.25, -0.2) is 4.79 Å². The molecule has 1 N–H and O–H groups in total. The van der Waals surface area contributed by atoms with Crippen LogP contribution in [-0.4, -0.2) is 35.7 Å². The zero-order valence-electron chi connectivity index (χ0n) is 15.1. The molecule has 3 amide bonds. The lowest BCUT2D eigenvalue weighted by molar-refractivity contribution is -0.130. The van der Waals surface area contributed by atoms with Crippen LogP contribution in [0.3, 0.4) is 0 Å². The van der Waals surface area contributed by atoms with Gasteiger partial charge in [-0.3, -0.25) is 4.79 Å². The number of urea groups is 1. The molecule has 1 aliphatic heterocycles. The number of rotatable bonds is 5. The number of hydrogen-bond donors (Lipinski definition) is 1. The predicted molar refractivity (Wildman–Crippen MR) is 103 cm³/mol. The van der Waals surface area contributed by atoms with E-state index in [1.807, 2.05) is 68.6 Å². The average Bonchev–Trinajstić information content (AvgIpc) is 2.89. The Balaban J connectivity index is 1.73. The molecule has 1 heterocycles. The van der Waals surface area contributed by atoms with Crippen molar-refractivity contribution >= 4 is 29.5 Å². The summed E-state index contributed by atoms with van der Waals surface area (Å²) in [6.45, 7) is 3.56. The van der Waals surface area contributed by atoms with E-state index in [4.69, 9.17) is 0 Å². The molecule has 0 saturated carbocycles. The number of carbonyl (C=O) groups is 2. The van der Waals surface area contributed by atoms with Crippen LogP contribution in [0.1, 0.15) is 25.8 Å². The highest BCUT2D eigenvalue weighted by molar-refractivity contribution is 6.07. The van der Waals surface area contributed by atoms with Gasteiger partial charge in [-0.15, -0.1) is 5.01 Å². The molecule has 0 aromatic heterocycles. The highest BCUT2D eigenvalue weighted by atomic mass is 16.2. The SMILES string of the molecule is CC[C@]1(C)NC(=O)N(N=Cc2ccc(N(C)c3ccccc3)cc2)C1=O. The van der Waals surface area contributed by atoms with Gasteiger partial charge in [0.2, 0.25) is 0 Å². The molecule has 26 heavy (non-hydrogen) atoms. The summed E-state index contributed by atoms with van der Waals surface area (Å²) in [6, 6.07) is 17.3. The minimum atomic E-state index is -0.878. The standard InChI is InChI=1S/C20H22N4O2/c1-4-20(2)18(25)24(19(26)22-20)21-14-15-10-12-17(13-11-15)23(3)16-8-6-5-7-9-16/h5-14H,4H2,1-3H3,(H,22,26)/t20-/m0/s1. The van der Waals surface area contributed by atoms with Gasteiger partial charge in [-0.05, 0) is 43.2 Å². The minimum Gasteiger partial charge on any atom is -0.345 e. The lowest BCUT2D eigenvalue weighted by Crippen LogP contribution is -2.42. The fourth-order valence-corrected chi connectivity index (χ4v) is 2.72. The van der Waals surface area contributed by atoms with Crippen molar-refractivity contribution in [1.29, 1.82) is 0 Å². The van der Waals surface area contributed by atoms with Gasteiger partial charge in [0.25, 0.3) is 5.91 Å². The van der Waals surface area contributed by atoms with Gasteiger partial charge < -0.3 is 10.2 Å². The zero-order chi connectivity index (χ0) is 18.7. The Morgan fingerprint density at radius 1 is 1.08 bits per heavy atom. The smallest absolute Gasteiger partial charge is 0.345 e. The van der Waals surface area contributed by atoms with Crippen LogP contribution in [0.5, 0.6) is 0 Å². The van der Waals surface area contributed by atoms with Crippen LogP contribution < -0.4 is 10.2 Å². The number of nitrogens with zero attached hydrogens (tertiary/aromatic N) is 3. The first kappa shape index (κ1) is 17.7. The van der Waals surface area contributed by atoms with Gasteiger partial charge in [0.1, 0.15) is 5.54 Å². The Morgan fingerprint density at radius 2 is 1.69 bits per heavy atom. The van der Waals surface area contributed by atoms with E-state index < -0.39 is 11.6 Å². The quantitative estimate of drug-likeness (QED) is 0.663. The Kier molecular flexibility index (Phi) is 4.75. The summed E-state index contributed by atoms with van der Waals surface area (Å²) in [5, 5.41) is 7.64. The third-order valence-corrected chi connectivity index (χ3v) is 4.69. The topological polar surface area (TPSA) is 65.0 Å². The molecule has 3 rings (SSSR count). The monoisotopic (exact) mass is 350 g/mol. The van der Waals surface area contributed by atoms with Gasteiger partial charge in [-0.2, -0.15) is 5.10 Å². The van der Waals surface area contributed by atoms with E-state index in [1.54, 1.807) is 6.92 Å². The van der Waals surface area contributed by atoms with E-state index in [0.29, 0.717) is 6.42 Å². The van der Waals surface area contributed by atoms with Gasteiger partial charge in [0.15, 0.2) is 0 Å².